The fourth-order valence-corrected chi connectivity index (χ4v) is 6.86. The van der Waals surface area contributed by atoms with Crippen molar-refractivity contribution in [2.75, 3.05) is 26.0 Å². The van der Waals surface area contributed by atoms with Crippen molar-refractivity contribution in [2.45, 2.75) is 130 Å². The van der Waals surface area contributed by atoms with Crippen LogP contribution in [-0.2, 0) is 49.8 Å². The van der Waals surface area contributed by atoms with Crippen LogP contribution >= 0.6 is 0 Å². The highest BCUT2D eigenvalue weighted by molar-refractivity contribution is 7.88. The van der Waals surface area contributed by atoms with Crippen LogP contribution in [0.25, 0.3) is 0 Å². The summed E-state index contributed by atoms with van der Waals surface area (Å²) in [6.07, 6.45) is 3.64. The van der Waals surface area contributed by atoms with Crippen LogP contribution in [0.4, 0.5) is 4.79 Å². The number of ether oxygens (including phenoxy) is 3. The van der Waals surface area contributed by atoms with Gasteiger partial charge in [-0.3, -0.25) is 14.4 Å². The highest BCUT2D eigenvalue weighted by atomic mass is 32.2. The number of hydrogen-bond acceptors (Lipinski definition) is 11. The Balaban J connectivity index is 2.24. The Labute approximate surface area is 314 Å². The summed E-state index contributed by atoms with van der Waals surface area (Å²) in [4.78, 5) is 66.2. The molecule has 1 fully saturated rings. The molecule has 1 aromatic carbocycles. The first-order valence-corrected chi connectivity index (χ1v) is 20.1. The van der Waals surface area contributed by atoms with Crippen molar-refractivity contribution in [1.82, 2.24) is 20.7 Å². The molecule has 1 aromatic rings. The van der Waals surface area contributed by atoms with Crippen molar-refractivity contribution in [2.24, 2.45) is 11.3 Å². The van der Waals surface area contributed by atoms with Crippen molar-refractivity contribution in [3.63, 3.8) is 0 Å². The van der Waals surface area contributed by atoms with Gasteiger partial charge in [0.05, 0.1) is 24.2 Å². The summed E-state index contributed by atoms with van der Waals surface area (Å²) in [6.45, 7) is 12.1. The SMILES string of the molecule is CCOC(=O)[C@H](Cc1ccc(O)cc1)NC(=O)C1(C[C@@H](CNC(=O)[C@H](CCCCNC(=O)OC(C)(C)C)NS(C)(=O)=O)C(=O)OC(C)(C)C)CCCC1. The van der Waals surface area contributed by atoms with E-state index in [0.29, 0.717) is 44.1 Å². The van der Waals surface area contributed by atoms with E-state index in [1.54, 1.807) is 60.6 Å². The van der Waals surface area contributed by atoms with Crippen LogP contribution in [0.2, 0.25) is 0 Å². The topological polar surface area (TPSA) is 216 Å². The number of esters is 2. The van der Waals surface area contributed by atoms with Crippen molar-refractivity contribution in [3.8, 4) is 5.75 Å². The molecule has 15 nitrogen and oxygen atoms in total. The number of amides is 3. The lowest BCUT2D eigenvalue weighted by Crippen LogP contribution is -2.52. The van der Waals surface area contributed by atoms with E-state index >= 15 is 0 Å². The lowest BCUT2D eigenvalue weighted by Gasteiger charge is -2.34. The second-order valence-corrected chi connectivity index (χ2v) is 17.5. The first kappa shape index (κ1) is 45.2. The number of carbonyl (C=O) groups excluding carboxylic acids is 5. The quantitative estimate of drug-likeness (QED) is 0.0779. The van der Waals surface area contributed by atoms with E-state index in [2.05, 4.69) is 20.7 Å². The van der Waals surface area contributed by atoms with E-state index in [4.69, 9.17) is 14.2 Å². The van der Waals surface area contributed by atoms with Crippen molar-refractivity contribution < 1.29 is 51.7 Å². The lowest BCUT2D eigenvalue weighted by atomic mass is 9.76. The van der Waals surface area contributed by atoms with Gasteiger partial charge in [-0.15, -0.1) is 0 Å². The molecule has 1 aliphatic rings. The lowest BCUT2D eigenvalue weighted by molar-refractivity contribution is -0.162. The highest BCUT2D eigenvalue weighted by Crippen LogP contribution is 2.44. The molecule has 3 atom stereocenters. The Morgan fingerprint density at radius 3 is 2.02 bits per heavy atom. The van der Waals surface area contributed by atoms with Crippen molar-refractivity contribution in [1.29, 1.82) is 0 Å². The first-order chi connectivity index (χ1) is 24.5. The minimum atomic E-state index is -3.81. The van der Waals surface area contributed by atoms with E-state index in [1.165, 1.54) is 12.1 Å². The van der Waals surface area contributed by atoms with Gasteiger partial charge in [-0.25, -0.2) is 22.7 Å². The van der Waals surface area contributed by atoms with Crippen molar-refractivity contribution >= 4 is 39.9 Å². The second kappa shape index (κ2) is 20.0. The predicted octanol–water partition coefficient (Wildman–Crippen LogP) is 3.62. The third-order valence-electron chi connectivity index (χ3n) is 8.46. The Morgan fingerprint density at radius 2 is 1.47 bits per heavy atom. The van der Waals surface area contributed by atoms with E-state index < -0.39 is 74.5 Å². The summed E-state index contributed by atoms with van der Waals surface area (Å²) in [5.41, 5.74) is -1.92. The number of aromatic hydroxyl groups is 1. The number of nitrogens with one attached hydrogen (secondary N) is 4. The van der Waals surface area contributed by atoms with Crippen LogP contribution in [-0.4, -0.2) is 92.6 Å². The first-order valence-electron chi connectivity index (χ1n) is 18.2. The van der Waals surface area contributed by atoms with Gasteiger partial charge in [0.25, 0.3) is 0 Å². The number of benzene rings is 1. The predicted molar refractivity (Wildman–Crippen MR) is 198 cm³/mol. The van der Waals surface area contributed by atoms with Crippen LogP contribution in [0.15, 0.2) is 24.3 Å². The highest BCUT2D eigenvalue weighted by Gasteiger charge is 2.46. The molecule has 0 unspecified atom stereocenters. The third kappa shape index (κ3) is 17.2. The molecule has 0 saturated heterocycles. The maximum absolute atomic E-state index is 14.1. The van der Waals surface area contributed by atoms with E-state index in [9.17, 15) is 37.5 Å². The average molecular weight is 769 g/mol. The summed E-state index contributed by atoms with van der Waals surface area (Å²) < 4.78 is 42.9. The Hall–Kier alpha value is -3.92. The molecule has 3 amide bonds. The Kier molecular flexibility index (Phi) is 17.0. The molecular formula is C37H60N4O11S. The molecule has 0 aromatic heterocycles. The van der Waals surface area contributed by atoms with Crippen LogP contribution < -0.4 is 20.7 Å². The van der Waals surface area contributed by atoms with Gasteiger partial charge in [0.2, 0.25) is 21.8 Å². The van der Waals surface area contributed by atoms with Crippen LogP contribution in [0, 0.1) is 11.3 Å². The van der Waals surface area contributed by atoms with Gasteiger partial charge in [-0.2, -0.15) is 0 Å². The van der Waals surface area contributed by atoms with E-state index in [1.807, 2.05) is 0 Å². The fraction of sp³-hybridized carbons (Fsp3) is 0.703. The molecule has 1 saturated carbocycles. The van der Waals surface area contributed by atoms with E-state index in [-0.39, 0.29) is 44.7 Å². The van der Waals surface area contributed by atoms with E-state index in [0.717, 1.165) is 6.26 Å². The van der Waals surface area contributed by atoms with Gasteiger partial charge in [0, 0.05) is 19.5 Å². The molecular weight excluding hydrogens is 708 g/mol. The summed E-state index contributed by atoms with van der Waals surface area (Å²) in [5, 5.41) is 17.9. The number of sulfonamides is 1. The Bertz CT molecular complexity index is 1500. The molecule has 5 N–H and O–H groups in total. The summed E-state index contributed by atoms with van der Waals surface area (Å²) in [5.74, 6) is -3.28. The molecule has 300 valence electrons. The molecule has 0 bridgehead atoms. The zero-order valence-electron chi connectivity index (χ0n) is 32.5. The van der Waals surface area contributed by atoms with Crippen LogP contribution in [0.5, 0.6) is 5.75 Å². The largest absolute Gasteiger partial charge is 0.508 e. The van der Waals surface area contributed by atoms with Gasteiger partial charge >= 0.3 is 18.0 Å². The molecule has 0 aliphatic heterocycles. The molecule has 16 heteroatoms. The molecule has 53 heavy (non-hydrogen) atoms. The number of alkyl carbamates (subject to hydrolysis) is 1. The van der Waals surface area contributed by atoms with Gasteiger partial charge in [0.15, 0.2) is 0 Å². The Morgan fingerprint density at radius 1 is 0.868 bits per heavy atom. The molecule has 0 heterocycles. The molecule has 1 aliphatic carbocycles. The maximum atomic E-state index is 14.1. The van der Waals surface area contributed by atoms with Gasteiger partial charge in [-0.1, -0.05) is 25.0 Å². The number of phenols is 1. The average Bonchev–Trinajstić information content (AvgIpc) is 3.50. The standard InChI is InChI=1S/C37H60N4O11S/c1-9-50-32(45)29(22-25-15-17-27(42)18-16-25)40-33(46)37(19-11-12-20-37)23-26(31(44)51-35(2,3)4)24-39-30(43)28(41-53(8,48)49)14-10-13-21-38-34(47)52-36(5,6)7/h15-18,26,28-29,41-42H,9-14,19-24H2,1-8H3,(H,38,47)(H,39,43)(H,40,46)/t26-,28-,29-/m0/s1. The monoisotopic (exact) mass is 768 g/mol. The molecule has 0 spiro atoms. The van der Waals surface area contributed by atoms with Crippen LogP contribution in [0.1, 0.15) is 105 Å². The zero-order valence-corrected chi connectivity index (χ0v) is 33.3. The molecule has 2 rings (SSSR count). The fourth-order valence-electron chi connectivity index (χ4n) is 6.11. The smallest absolute Gasteiger partial charge is 0.407 e. The second-order valence-electron chi connectivity index (χ2n) is 15.7. The third-order valence-corrected chi connectivity index (χ3v) is 9.17. The van der Waals surface area contributed by atoms with Gasteiger partial charge in [0.1, 0.15) is 29.0 Å². The summed E-state index contributed by atoms with van der Waals surface area (Å²) >= 11 is 0. The van der Waals surface area contributed by atoms with Gasteiger partial charge < -0.3 is 35.3 Å². The minimum Gasteiger partial charge on any atom is -0.508 e. The number of carbonyl (C=O) groups is 5. The summed E-state index contributed by atoms with van der Waals surface area (Å²) in [7, 11) is -3.81. The van der Waals surface area contributed by atoms with Crippen molar-refractivity contribution in [3.05, 3.63) is 29.8 Å². The van der Waals surface area contributed by atoms with Crippen LogP contribution in [0.3, 0.4) is 0 Å². The number of unbranched alkanes of at least 4 members (excludes halogenated alkanes) is 1. The number of rotatable bonds is 19. The minimum absolute atomic E-state index is 0.00326. The summed E-state index contributed by atoms with van der Waals surface area (Å²) in [6, 6.07) is 4.06. The number of phenolic OH excluding ortho intramolecular Hbond substituents is 1. The normalized spacial score (nSPS) is 16.1. The van der Waals surface area contributed by atoms with Gasteiger partial charge in [-0.05, 0) is 105 Å². The molecule has 0 radical (unpaired) electrons. The zero-order chi connectivity index (χ0) is 40.0. The maximum Gasteiger partial charge on any atom is 0.407 e. The number of hydrogen-bond donors (Lipinski definition) is 5.